The van der Waals surface area contributed by atoms with E-state index >= 15 is 0 Å². The van der Waals surface area contributed by atoms with Crippen LogP contribution in [0, 0.1) is 0 Å². The lowest BCUT2D eigenvalue weighted by Gasteiger charge is -2.17. The number of hydrogen-bond donors (Lipinski definition) is 2. The molecule has 14 heavy (non-hydrogen) atoms. The number of hydrogen-bond acceptors (Lipinski definition) is 5. The Bertz CT molecular complexity index is 507. The molecule has 5 nitrogen and oxygen atoms in total. The second-order valence-electron chi connectivity index (χ2n) is 2.98. The molecule has 0 aliphatic carbocycles. The molecule has 1 aromatic rings. The van der Waals surface area contributed by atoms with E-state index in [1.807, 2.05) is 0 Å². The molecule has 3 N–H and O–H groups in total. The van der Waals surface area contributed by atoms with E-state index in [1.165, 1.54) is 18.2 Å². The van der Waals surface area contributed by atoms with E-state index in [9.17, 15) is 13.2 Å². The molecule has 1 aliphatic heterocycles. The Labute approximate surface area is 80.8 Å². The molecule has 0 radical (unpaired) electrons. The summed E-state index contributed by atoms with van der Waals surface area (Å²) in [4.78, 5) is 11.1. The van der Waals surface area contributed by atoms with Crippen LogP contribution in [-0.2, 0) is 14.6 Å². The van der Waals surface area contributed by atoms with Crippen LogP contribution in [0.4, 0.5) is 11.4 Å². The lowest BCUT2D eigenvalue weighted by atomic mass is 10.3. The van der Waals surface area contributed by atoms with Gasteiger partial charge in [0.15, 0.2) is 0 Å². The largest absolute Gasteiger partial charge is 0.399 e. The molecule has 74 valence electrons. The molecule has 0 saturated carbocycles. The molecule has 1 heterocycles. The Kier molecular flexibility index (Phi) is 1.75. The van der Waals surface area contributed by atoms with E-state index in [-0.39, 0.29) is 11.4 Å². The maximum Gasteiger partial charge on any atom is 0.270 e. The van der Waals surface area contributed by atoms with Crippen LogP contribution in [0.15, 0.2) is 23.1 Å². The average molecular weight is 212 g/mol. The summed E-state index contributed by atoms with van der Waals surface area (Å²) < 4.78 is 23.0. The number of nitrogens with one attached hydrogen (secondary N) is 1. The van der Waals surface area contributed by atoms with E-state index < -0.39 is 15.0 Å². The van der Waals surface area contributed by atoms with E-state index in [0.29, 0.717) is 11.4 Å². The highest BCUT2D eigenvalue weighted by Gasteiger charge is 2.31. The van der Waals surface area contributed by atoms with Gasteiger partial charge in [-0.3, -0.25) is 4.79 Å². The minimum absolute atomic E-state index is 0.00273. The standard InChI is InChI=1S/C8H8N2O3S/c9-5-1-2-7-6(3-5)10-4-8(11)14(7,12)13/h1-3,10H,4,9H2. The minimum Gasteiger partial charge on any atom is -0.399 e. The summed E-state index contributed by atoms with van der Waals surface area (Å²) in [6.07, 6.45) is 0. The SMILES string of the molecule is Nc1ccc2c(c1)NCC(=O)S2(=O)=O. The van der Waals surface area contributed by atoms with Gasteiger partial charge in [0.1, 0.15) is 0 Å². The fourth-order valence-corrected chi connectivity index (χ4v) is 2.48. The minimum atomic E-state index is -3.79. The van der Waals surface area contributed by atoms with Gasteiger partial charge >= 0.3 is 0 Å². The molecule has 0 unspecified atom stereocenters. The first-order valence-corrected chi connectivity index (χ1v) is 5.41. The molecule has 1 aliphatic rings. The van der Waals surface area contributed by atoms with Gasteiger partial charge in [-0.25, -0.2) is 8.42 Å². The van der Waals surface area contributed by atoms with Crippen LogP contribution in [-0.4, -0.2) is 20.1 Å². The van der Waals surface area contributed by atoms with Crippen molar-refractivity contribution in [2.45, 2.75) is 4.90 Å². The second-order valence-corrected chi connectivity index (χ2v) is 4.89. The molecule has 2 rings (SSSR count). The molecule has 0 spiro atoms. The van der Waals surface area contributed by atoms with Gasteiger partial charge < -0.3 is 11.1 Å². The van der Waals surface area contributed by atoms with E-state index in [1.54, 1.807) is 0 Å². The first-order chi connectivity index (χ1) is 6.51. The Morgan fingerprint density at radius 3 is 2.79 bits per heavy atom. The fraction of sp³-hybridized carbons (Fsp3) is 0.125. The summed E-state index contributed by atoms with van der Waals surface area (Å²) >= 11 is 0. The molecular formula is C8H8N2O3S. The summed E-state index contributed by atoms with van der Waals surface area (Å²) in [6, 6.07) is 4.29. The van der Waals surface area contributed by atoms with E-state index in [2.05, 4.69) is 5.32 Å². The fourth-order valence-electron chi connectivity index (χ4n) is 1.31. The average Bonchev–Trinajstić information content (AvgIpc) is 2.12. The summed E-state index contributed by atoms with van der Waals surface area (Å²) in [5.74, 6) is 0. The van der Waals surface area contributed by atoms with Crippen LogP contribution >= 0.6 is 0 Å². The monoisotopic (exact) mass is 212 g/mol. The lowest BCUT2D eigenvalue weighted by molar-refractivity contribution is -0.110. The highest BCUT2D eigenvalue weighted by Crippen LogP contribution is 2.28. The number of fused-ring (bicyclic) bond motifs is 1. The summed E-state index contributed by atoms with van der Waals surface area (Å²) in [5.41, 5.74) is 6.34. The van der Waals surface area contributed by atoms with Crippen LogP contribution in [0.1, 0.15) is 0 Å². The van der Waals surface area contributed by atoms with Gasteiger partial charge in [-0.05, 0) is 18.2 Å². The maximum absolute atomic E-state index is 11.5. The van der Waals surface area contributed by atoms with Gasteiger partial charge in [0, 0.05) is 5.69 Å². The first-order valence-electron chi connectivity index (χ1n) is 3.93. The van der Waals surface area contributed by atoms with Crippen LogP contribution in [0.25, 0.3) is 0 Å². The number of carbonyl (C=O) groups excluding carboxylic acids is 1. The van der Waals surface area contributed by atoms with Gasteiger partial charge in [0.2, 0.25) is 9.84 Å². The zero-order valence-electron chi connectivity index (χ0n) is 7.15. The highest BCUT2D eigenvalue weighted by molar-refractivity contribution is 8.06. The number of rotatable bonds is 0. The molecule has 0 bridgehead atoms. The van der Waals surface area contributed by atoms with Crippen molar-refractivity contribution >= 4 is 26.3 Å². The van der Waals surface area contributed by atoms with Gasteiger partial charge in [-0.2, -0.15) is 0 Å². The third-order valence-corrected chi connectivity index (χ3v) is 3.69. The second kappa shape index (κ2) is 2.71. The van der Waals surface area contributed by atoms with Crippen molar-refractivity contribution in [2.24, 2.45) is 0 Å². The van der Waals surface area contributed by atoms with Gasteiger partial charge in [-0.1, -0.05) is 0 Å². The highest BCUT2D eigenvalue weighted by atomic mass is 32.2. The van der Waals surface area contributed by atoms with Crippen LogP contribution < -0.4 is 11.1 Å². The van der Waals surface area contributed by atoms with Gasteiger partial charge in [-0.15, -0.1) is 0 Å². The van der Waals surface area contributed by atoms with Crippen LogP contribution in [0.3, 0.4) is 0 Å². The van der Waals surface area contributed by atoms with Gasteiger partial charge in [0.05, 0.1) is 17.1 Å². The third kappa shape index (κ3) is 1.15. The Balaban J connectivity index is 2.71. The Hall–Kier alpha value is -1.56. The van der Waals surface area contributed by atoms with Crippen molar-refractivity contribution in [3.05, 3.63) is 18.2 Å². The summed E-state index contributed by atoms with van der Waals surface area (Å²) in [5, 5.41) is 1.89. The molecular weight excluding hydrogens is 204 g/mol. The lowest BCUT2D eigenvalue weighted by Crippen LogP contribution is -2.29. The predicted octanol–water partition coefficient (Wildman–Crippen LogP) is -0.00540. The molecule has 0 aromatic heterocycles. The maximum atomic E-state index is 11.5. The normalized spacial score (nSPS) is 18.4. The Morgan fingerprint density at radius 1 is 1.36 bits per heavy atom. The van der Waals surface area contributed by atoms with Crippen molar-refractivity contribution in [3.8, 4) is 0 Å². The first kappa shape index (κ1) is 9.01. The molecule has 6 heteroatoms. The molecule has 0 atom stereocenters. The Morgan fingerprint density at radius 2 is 2.07 bits per heavy atom. The van der Waals surface area contributed by atoms with Crippen molar-refractivity contribution in [3.63, 3.8) is 0 Å². The van der Waals surface area contributed by atoms with E-state index in [4.69, 9.17) is 5.73 Å². The summed E-state index contributed by atoms with van der Waals surface area (Å²) in [7, 11) is -3.79. The van der Waals surface area contributed by atoms with Gasteiger partial charge in [0.25, 0.3) is 5.12 Å². The van der Waals surface area contributed by atoms with Crippen LogP contribution in [0.2, 0.25) is 0 Å². The number of nitrogen functional groups attached to an aromatic ring is 1. The molecule has 1 aromatic carbocycles. The zero-order valence-corrected chi connectivity index (χ0v) is 7.97. The number of benzene rings is 1. The summed E-state index contributed by atoms with van der Waals surface area (Å²) in [6.45, 7) is -0.196. The number of carbonyl (C=O) groups is 1. The quantitative estimate of drug-likeness (QED) is 0.590. The van der Waals surface area contributed by atoms with Crippen LogP contribution in [0.5, 0.6) is 0 Å². The van der Waals surface area contributed by atoms with Crippen molar-refractivity contribution in [1.29, 1.82) is 0 Å². The zero-order chi connectivity index (χ0) is 10.3. The van der Waals surface area contributed by atoms with Crippen molar-refractivity contribution in [2.75, 3.05) is 17.6 Å². The molecule has 0 fully saturated rings. The predicted molar refractivity (Wildman–Crippen MR) is 51.5 cm³/mol. The topological polar surface area (TPSA) is 89.3 Å². The van der Waals surface area contributed by atoms with E-state index in [0.717, 1.165) is 0 Å². The molecule has 0 amide bonds. The number of anilines is 2. The van der Waals surface area contributed by atoms with Crippen molar-refractivity contribution < 1.29 is 13.2 Å². The smallest absolute Gasteiger partial charge is 0.270 e. The number of sulfone groups is 1. The third-order valence-electron chi connectivity index (χ3n) is 2.02. The number of nitrogens with two attached hydrogens (primary N) is 1. The van der Waals surface area contributed by atoms with Crippen molar-refractivity contribution in [1.82, 2.24) is 0 Å². The molecule has 0 saturated heterocycles.